The minimum atomic E-state index is -3.53. The van der Waals surface area contributed by atoms with Gasteiger partial charge >= 0.3 is 0 Å². The van der Waals surface area contributed by atoms with Gasteiger partial charge in [0.2, 0.25) is 5.91 Å². The van der Waals surface area contributed by atoms with E-state index in [0.717, 1.165) is 19.6 Å². The van der Waals surface area contributed by atoms with Crippen LogP contribution in [0.5, 0.6) is 0 Å². The van der Waals surface area contributed by atoms with Crippen molar-refractivity contribution in [2.24, 2.45) is 0 Å². The first-order chi connectivity index (χ1) is 11.5. The highest BCUT2D eigenvalue weighted by Crippen LogP contribution is 2.11. The summed E-state index contributed by atoms with van der Waals surface area (Å²) in [6.45, 7) is 4.27. The molecule has 24 heavy (non-hydrogen) atoms. The van der Waals surface area contributed by atoms with Crippen LogP contribution in [-0.2, 0) is 25.1 Å². The second kappa shape index (κ2) is 9.10. The molecule has 0 atom stereocenters. The van der Waals surface area contributed by atoms with Crippen molar-refractivity contribution in [3.05, 3.63) is 35.6 Å². The van der Waals surface area contributed by atoms with Crippen molar-refractivity contribution >= 4 is 15.7 Å². The zero-order valence-corrected chi connectivity index (χ0v) is 14.4. The molecule has 1 aliphatic heterocycles. The Morgan fingerprint density at radius 2 is 1.96 bits per heavy atom. The molecule has 1 aromatic carbocycles. The molecule has 1 fully saturated rings. The van der Waals surface area contributed by atoms with Gasteiger partial charge in [-0.1, -0.05) is 18.2 Å². The number of ether oxygens (including phenoxy) is 1. The number of nitrogens with zero attached hydrogens (tertiary/aromatic N) is 1. The van der Waals surface area contributed by atoms with E-state index in [-0.39, 0.29) is 29.4 Å². The first-order valence-electron chi connectivity index (χ1n) is 7.97. The molecular weight excluding hydrogens is 335 g/mol. The SMILES string of the molecule is O=C(CCS(=O)(=O)Cc1ccccc1F)NCCN1CCOCC1. The molecule has 0 bridgehead atoms. The van der Waals surface area contributed by atoms with Crippen LogP contribution in [0.25, 0.3) is 0 Å². The molecule has 1 heterocycles. The van der Waals surface area contributed by atoms with Gasteiger partial charge in [0.05, 0.1) is 24.7 Å². The number of nitrogens with one attached hydrogen (secondary N) is 1. The molecule has 0 radical (unpaired) electrons. The number of halogens is 1. The quantitative estimate of drug-likeness (QED) is 0.736. The summed E-state index contributed by atoms with van der Waals surface area (Å²) >= 11 is 0. The standard InChI is InChI=1S/C16H23FN2O4S/c17-15-4-2-1-3-14(15)13-24(21,22)12-5-16(20)18-6-7-19-8-10-23-11-9-19/h1-4H,5-13H2,(H,18,20). The maximum atomic E-state index is 13.5. The number of rotatable bonds is 8. The summed E-state index contributed by atoms with van der Waals surface area (Å²) in [6.07, 6.45) is -0.111. The van der Waals surface area contributed by atoms with Crippen LogP contribution in [0.1, 0.15) is 12.0 Å². The second-order valence-electron chi connectivity index (χ2n) is 5.74. The smallest absolute Gasteiger partial charge is 0.221 e. The number of amides is 1. The molecule has 134 valence electrons. The molecule has 2 rings (SSSR count). The Kier molecular flexibility index (Phi) is 7.14. The van der Waals surface area contributed by atoms with Gasteiger partial charge in [-0.05, 0) is 6.07 Å². The average molecular weight is 358 g/mol. The summed E-state index contributed by atoms with van der Waals surface area (Å²) in [5, 5.41) is 2.72. The van der Waals surface area contributed by atoms with Crippen LogP contribution in [0.2, 0.25) is 0 Å². The maximum absolute atomic E-state index is 13.5. The van der Waals surface area contributed by atoms with Crippen molar-refractivity contribution in [3.8, 4) is 0 Å². The molecule has 1 saturated heterocycles. The predicted molar refractivity (Wildman–Crippen MR) is 88.8 cm³/mol. The lowest BCUT2D eigenvalue weighted by Crippen LogP contribution is -2.41. The Labute approximate surface area is 141 Å². The second-order valence-corrected chi connectivity index (χ2v) is 7.92. The summed E-state index contributed by atoms with van der Waals surface area (Å²) in [5.41, 5.74) is 0.130. The summed E-state index contributed by atoms with van der Waals surface area (Å²) in [6, 6.07) is 5.76. The van der Waals surface area contributed by atoms with Crippen LogP contribution < -0.4 is 5.32 Å². The predicted octanol–water partition coefficient (Wildman–Crippen LogP) is 0.579. The van der Waals surface area contributed by atoms with Gasteiger partial charge in [-0.3, -0.25) is 9.69 Å². The van der Waals surface area contributed by atoms with Crippen molar-refractivity contribution in [2.75, 3.05) is 45.1 Å². The minimum absolute atomic E-state index is 0.111. The molecule has 1 amide bonds. The fraction of sp³-hybridized carbons (Fsp3) is 0.562. The van der Waals surface area contributed by atoms with Gasteiger partial charge in [0, 0.05) is 38.2 Å². The number of carbonyl (C=O) groups excluding carboxylic acids is 1. The highest BCUT2D eigenvalue weighted by atomic mass is 32.2. The molecule has 0 unspecified atom stereocenters. The molecule has 6 nitrogen and oxygen atoms in total. The van der Waals surface area contributed by atoms with E-state index in [4.69, 9.17) is 4.74 Å². The van der Waals surface area contributed by atoms with Gasteiger partial charge < -0.3 is 10.1 Å². The van der Waals surface area contributed by atoms with E-state index in [1.807, 2.05) is 0 Å². The third-order valence-corrected chi connectivity index (χ3v) is 5.40. The van der Waals surface area contributed by atoms with Gasteiger partial charge in [-0.25, -0.2) is 12.8 Å². The molecule has 0 aromatic heterocycles. The van der Waals surface area contributed by atoms with Crippen molar-refractivity contribution in [3.63, 3.8) is 0 Å². The number of morpholine rings is 1. The van der Waals surface area contributed by atoms with Crippen molar-refractivity contribution < 1.29 is 22.3 Å². The van der Waals surface area contributed by atoms with E-state index in [1.165, 1.54) is 18.2 Å². The molecule has 0 saturated carbocycles. The Balaban J connectivity index is 1.69. The molecule has 0 aliphatic carbocycles. The van der Waals surface area contributed by atoms with Crippen molar-refractivity contribution in [1.29, 1.82) is 0 Å². The Hall–Kier alpha value is -1.51. The zero-order valence-electron chi connectivity index (χ0n) is 13.5. The lowest BCUT2D eigenvalue weighted by molar-refractivity contribution is -0.120. The fourth-order valence-electron chi connectivity index (χ4n) is 2.44. The van der Waals surface area contributed by atoms with E-state index in [1.54, 1.807) is 6.07 Å². The van der Waals surface area contributed by atoms with Crippen molar-refractivity contribution in [2.45, 2.75) is 12.2 Å². The summed E-state index contributed by atoms with van der Waals surface area (Å²) in [5.74, 6) is -1.53. The summed E-state index contributed by atoms with van der Waals surface area (Å²) < 4.78 is 42.8. The van der Waals surface area contributed by atoms with Crippen LogP contribution >= 0.6 is 0 Å². The fourth-order valence-corrected chi connectivity index (χ4v) is 3.79. The number of carbonyl (C=O) groups is 1. The molecular formula is C16H23FN2O4S. The van der Waals surface area contributed by atoms with E-state index in [0.29, 0.717) is 19.8 Å². The van der Waals surface area contributed by atoms with Gasteiger partial charge in [-0.2, -0.15) is 0 Å². The highest BCUT2D eigenvalue weighted by Gasteiger charge is 2.17. The Morgan fingerprint density at radius 3 is 2.67 bits per heavy atom. The normalized spacial score (nSPS) is 16.0. The Morgan fingerprint density at radius 1 is 1.25 bits per heavy atom. The van der Waals surface area contributed by atoms with Gasteiger partial charge in [0.15, 0.2) is 9.84 Å². The third-order valence-electron chi connectivity index (χ3n) is 3.83. The van der Waals surface area contributed by atoms with E-state index in [9.17, 15) is 17.6 Å². The summed E-state index contributed by atoms with van der Waals surface area (Å²) in [4.78, 5) is 13.9. The number of benzene rings is 1. The molecule has 1 aromatic rings. The lowest BCUT2D eigenvalue weighted by Gasteiger charge is -2.26. The largest absolute Gasteiger partial charge is 0.379 e. The van der Waals surface area contributed by atoms with Crippen LogP contribution in [-0.4, -0.2) is 64.4 Å². The third kappa shape index (κ3) is 6.54. The van der Waals surface area contributed by atoms with Crippen LogP contribution in [0.15, 0.2) is 24.3 Å². The van der Waals surface area contributed by atoms with Crippen LogP contribution in [0.4, 0.5) is 4.39 Å². The number of hydrogen-bond acceptors (Lipinski definition) is 5. The van der Waals surface area contributed by atoms with Gasteiger partial charge in [0.1, 0.15) is 5.82 Å². The molecule has 1 N–H and O–H groups in total. The van der Waals surface area contributed by atoms with Crippen LogP contribution in [0.3, 0.4) is 0 Å². The topological polar surface area (TPSA) is 75.7 Å². The first-order valence-corrected chi connectivity index (χ1v) is 9.79. The average Bonchev–Trinajstić information content (AvgIpc) is 2.56. The molecule has 1 aliphatic rings. The van der Waals surface area contributed by atoms with E-state index in [2.05, 4.69) is 10.2 Å². The van der Waals surface area contributed by atoms with E-state index >= 15 is 0 Å². The van der Waals surface area contributed by atoms with Gasteiger partial charge in [0.25, 0.3) is 0 Å². The minimum Gasteiger partial charge on any atom is -0.379 e. The zero-order chi connectivity index (χ0) is 17.4. The van der Waals surface area contributed by atoms with Crippen LogP contribution in [0, 0.1) is 5.82 Å². The molecule has 8 heteroatoms. The van der Waals surface area contributed by atoms with Gasteiger partial charge in [-0.15, -0.1) is 0 Å². The first kappa shape index (κ1) is 18.8. The van der Waals surface area contributed by atoms with Crippen molar-refractivity contribution in [1.82, 2.24) is 10.2 Å². The number of hydrogen-bond donors (Lipinski definition) is 1. The lowest BCUT2D eigenvalue weighted by atomic mass is 10.2. The number of sulfone groups is 1. The highest BCUT2D eigenvalue weighted by molar-refractivity contribution is 7.90. The molecule has 0 spiro atoms. The monoisotopic (exact) mass is 358 g/mol. The maximum Gasteiger partial charge on any atom is 0.221 e. The summed E-state index contributed by atoms with van der Waals surface area (Å²) in [7, 11) is -3.53. The van der Waals surface area contributed by atoms with E-state index < -0.39 is 15.7 Å². The Bertz CT molecular complexity index is 645.